The Labute approximate surface area is 175 Å². The summed E-state index contributed by atoms with van der Waals surface area (Å²) in [4.78, 5) is 34.6. The number of carbonyl (C=O) groups excluding carboxylic acids is 2. The molecule has 3 heterocycles. The molecule has 6 heteroatoms. The number of pyridine rings is 1. The van der Waals surface area contributed by atoms with E-state index in [2.05, 4.69) is 4.98 Å². The predicted molar refractivity (Wildman–Crippen MR) is 115 cm³/mol. The molecular weight excluding hydrogens is 378 g/mol. The Bertz CT molecular complexity index is 1110. The molecule has 1 fully saturated rings. The monoisotopic (exact) mass is 401 g/mol. The zero-order chi connectivity index (χ0) is 20.5. The fraction of sp³-hybridized carbons (Fsp3) is 0.292. The van der Waals surface area contributed by atoms with Gasteiger partial charge in [0.05, 0.1) is 17.7 Å². The zero-order valence-electron chi connectivity index (χ0n) is 16.7. The Kier molecular flexibility index (Phi) is 4.83. The van der Waals surface area contributed by atoms with Crippen molar-refractivity contribution >= 4 is 28.4 Å². The van der Waals surface area contributed by atoms with Gasteiger partial charge in [-0.15, -0.1) is 0 Å². The van der Waals surface area contributed by atoms with Gasteiger partial charge in [0.2, 0.25) is 0 Å². The number of benzene rings is 2. The number of likely N-dealkylation sites (tertiary alicyclic amines) is 1. The molecule has 2 amide bonds. The number of fused-ring (bicyclic) bond motifs is 2. The topological polar surface area (TPSA) is 62.7 Å². The summed E-state index contributed by atoms with van der Waals surface area (Å²) in [5.41, 5.74) is 1.79. The Morgan fingerprint density at radius 3 is 2.53 bits per heavy atom. The van der Waals surface area contributed by atoms with Crippen LogP contribution in [0.2, 0.25) is 0 Å². The van der Waals surface area contributed by atoms with Gasteiger partial charge in [-0.2, -0.15) is 0 Å². The van der Waals surface area contributed by atoms with E-state index in [0.29, 0.717) is 17.1 Å². The lowest BCUT2D eigenvalue weighted by molar-refractivity contribution is -0.139. The Morgan fingerprint density at radius 2 is 1.67 bits per heavy atom. The van der Waals surface area contributed by atoms with Gasteiger partial charge in [0, 0.05) is 18.5 Å². The summed E-state index contributed by atoms with van der Waals surface area (Å²) in [6.07, 6.45) is 2.47. The van der Waals surface area contributed by atoms with E-state index < -0.39 is 6.10 Å². The van der Waals surface area contributed by atoms with Crippen molar-refractivity contribution < 1.29 is 14.3 Å². The quantitative estimate of drug-likeness (QED) is 0.658. The fourth-order valence-corrected chi connectivity index (χ4v) is 4.20. The third-order valence-electron chi connectivity index (χ3n) is 5.78. The van der Waals surface area contributed by atoms with Gasteiger partial charge in [0.25, 0.3) is 11.8 Å². The highest BCUT2D eigenvalue weighted by atomic mass is 16.5. The van der Waals surface area contributed by atoms with Crippen LogP contribution in [0.25, 0.3) is 10.9 Å². The van der Waals surface area contributed by atoms with Crippen LogP contribution in [0, 0.1) is 0 Å². The molecule has 2 aliphatic rings. The number of amides is 2. The molecule has 0 saturated carbocycles. The molecule has 0 N–H and O–H groups in total. The predicted octanol–water partition coefficient (Wildman–Crippen LogP) is 3.66. The molecule has 1 aromatic heterocycles. The first-order chi connectivity index (χ1) is 14.7. The number of ether oxygens (including phenoxy) is 1. The molecule has 0 aliphatic carbocycles. The molecule has 2 aliphatic heterocycles. The molecule has 2 aromatic carbocycles. The van der Waals surface area contributed by atoms with Crippen LogP contribution in [0.15, 0.2) is 60.7 Å². The summed E-state index contributed by atoms with van der Waals surface area (Å²) in [7, 11) is 0. The van der Waals surface area contributed by atoms with Crippen LogP contribution < -0.4 is 9.64 Å². The maximum atomic E-state index is 13.4. The van der Waals surface area contributed by atoms with E-state index in [4.69, 9.17) is 4.74 Å². The van der Waals surface area contributed by atoms with Crippen molar-refractivity contribution in [3.05, 3.63) is 66.4 Å². The highest BCUT2D eigenvalue weighted by molar-refractivity contribution is 6.07. The van der Waals surface area contributed by atoms with Crippen molar-refractivity contribution in [1.29, 1.82) is 0 Å². The second-order valence-electron chi connectivity index (χ2n) is 7.77. The molecule has 6 nitrogen and oxygen atoms in total. The molecule has 0 bridgehead atoms. The minimum absolute atomic E-state index is 0.0477. The first-order valence-corrected chi connectivity index (χ1v) is 10.4. The molecule has 152 valence electrons. The SMILES string of the molecule is O=C(C1CN(C(=O)c2ccc3ccccc3n2)c2ccccc2O1)N1CCCCC1. The van der Waals surface area contributed by atoms with Crippen molar-refractivity contribution in [1.82, 2.24) is 9.88 Å². The first kappa shape index (κ1) is 18.6. The smallest absolute Gasteiger partial charge is 0.277 e. The van der Waals surface area contributed by atoms with E-state index in [9.17, 15) is 9.59 Å². The van der Waals surface area contributed by atoms with Crippen molar-refractivity contribution in [2.45, 2.75) is 25.4 Å². The summed E-state index contributed by atoms with van der Waals surface area (Å²) in [5.74, 6) is 0.273. The van der Waals surface area contributed by atoms with E-state index >= 15 is 0 Å². The van der Waals surface area contributed by atoms with Gasteiger partial charge >= 0.3 is 0 Å². The van der Waals surface area contributed by atoms with Crippen LogP contribution in [0.5, 0.6) is 5.75 Å². The second kappa shape index (κ2) is 7.78. The summed E-state index contributed by atoms with van der Waals surface area (Å²) in [6, 6.07) is 18.7. The summed E-state index contributed by atoms with van der Waals surface area (Å²) in [6.45, 7) is 1.68. The van der Waals surface area contributed by atoms with E-state index in [1.54, 1.807) is 17.0 Å². The number of para-hydroxylation sites is 3. The second-order valence-corrected chi connectivity index (χ2v) is 7.77. The van der Waals surface area contributed by atoms with Crippen LogP contribution in [0.4, 0.5) is 5.69 Å². The lowest BCUT2D eigenvalue weighted by Crippen LogP contribution is -2.52. The molecular formula is C24H23N3O3. The van der Waals surface area contributed by atoms with Crippen LogP contribution in [0.1, 0.15) is 29.8 Å². The molecule has 3 aromatic rings. The minimum Gasteiger partial charge on any atom is -0.476 e. The maximum absolute atomic E-state index is 13.4. The van der Waals surface area contributed by atoms with E-state index in [-0.39, 0.29) is 18.4 Å². The van der Waals surface area contributed by atoms with Gasteiger partial charge in [-0.1, -0.05) is 36.4 Å². The van der Waals surface area contributed by atoms with Gasteiger partial charge < -0.3 is 9.64 Å². The molecule has 30 heavy (non-hydrogen) atoms. The van der Waals surface area contributed by atoms with Gasteiger partial charge in [-0.3, -0.25) is 14.5 Å². The first-order valence-electron chi connectivity index (χ1n) is 10.4. The number of hydrogen-bond donors (Lipinski definition) is 0. The molecule has 1 unspecified atom stereocenters. The Morgan fingerprint density at radius 1 is 0.900 bits per heavy atom. The highest BCUT2D eigenvalue weighted by Crippen LogP contribution is 2.34. The lowest BCUT2D eigenvalue weighted by atomic mass is 10.1. The molecule has 0 radical (unpaired) electrons. The van der Waals surface area contributed by atoms with Crippen molar-refractivity contribution in [3.63, 3.8) is 0 Å². The van der Waals surface area contributed by atoms with Gasteiger partial charge in [-0.05, 0) is 43.5 Å². The minimum atomic E-state index is -0.706. The van der Waals surface area contributed by atoms with Crippen LogP contribution in [-0.2, 0) is 4.79 Å². The zero-order valence-corrected chi connectivity index (χ0v) is 16.7. The third kappa shape index (κ3) is 3.38. The number of nitrogens with zero attached hydrogens (tertiary/aromatic N) is 3. The third-order valence-corrected chi connectivity index (χ3v) is 5.78. The average molecular weight is 401 g/mol. The molecule has 1 atom stereocenters. The standard InChI is InChI=1S/C24H23N3O3/c28-23(19-13-12-17-8-2-3-9-18(17)25-19)27-16-22(24(29)26-14-6-1-7-15-26)30-21-11-5-4-10-20(21)27/h2-5,8-13,22H,1,6-7,14-16H2. The van der Waals surface area contributed by atoms with E-state index in [0.717, 1.165) is 43.3 Å². The average Bonchev–Trinajstić information content (AvgIpc) is 2.82. The Balaban J connectivity index is 1.47. The van der Waals surface area contributed by atoms with Crippen LogP contribution in [0.3, 0.4) is 0 Å². The van der Waals surface area contributed by atoms with Crippen molar-refractivity contribution in [2.75, 3.05) is 24.5 Å². The highest BCUT2D eigenvalue weighted by Gasteiger charge is 2.36. The molecule has 5 rings (SSSR count). The van der Waals surface area contributed by atoms with E-state index in [1.807, 2.05) is 53.4 Å². The Hall–Kier alpha value is -3.41. The van der Waals surface area contributed by atoms with E-state index in [1.165, 1.54) is 0 Å². The fourth-order valence-electron chi connectivity index (χ4n) is 4.20. The van der Waals surface area contributed by atoms with Crippen LogP contribution in [-0.4, -0.2) is 47.4 Å². The van der Waals surface area contributed by atoms with Gasteiger partial charge in [0.1, 0.15) is 11.4 Å². The largest absolute Gasteiger partial charge is 0.476 e. The number of anilines is 1. The maximum Gasteiger partial charge on any atom is 0.277 e. The molecule has 0 spiro atoms. The van der Waals surface area contributed by atoms with Crippen molar-refractivity contribution in [2.24, 2.45) is 0 Å². The van der Waals surface area contributed by atoms with Gasteiger partial charge in [0.15, 0.2) is 6.10 Å². The lowest BCUT2D eigenvalue weighted by Gasteiger charge is -2.37. The number of piperidine rings is 1. The van der Waals surface area contributed by atoms with Crippen LogP contribution >= 0.6 is 0 Å². The normalized spacial score (nSPS) is 18.6. The number of hydrogen-bond acceptors (Lipinski definition) is 4. The molecule has 1 saturated heterocycles. The summed E-state index contributed by atoms with van der Waals surface area (Å²) < 4.78 is 6.03. The summed E-state index contributed by atoms with van der Waals surface area (Å²) in [5, 5.41) is 0.981. The van der Waals surface area contributed by atoms with Crippen molar-refractivity contribution in [3.8, 4) is 5.75 Å². The number of aromatic nitrogens is 1. The van der Waals surface area contributed by atoms with Gasteiger partial charge in [-0.25, -0.2) is 4.98 Å². The number of carbonyl (C=O) groups is 2. The summed E-state index contributed by atoms with van der Waals surface area (Å²) >= 11 is 0. The number of rotatable bonds is 2.